The van der Waals surface area contributed by atoms with Crippen molar-refractivity contribution in [3.8, 4) is 0 Å². The molecule has 4 bridgehead atoms. The number of hydrogen-bond donors (Lipinski definition) is 6. The van der Waals surface area contributed by atoms with Crippen LogP contribution in [0, 0.1) is 0 Å². The fraction of sp³-hybridized carbons (Fsp3) is 0.750. The van der Waals surface area contributed by atoms with Crippen LogP contribution in [0.25, 0.3) is 0 Å². The van der Waals surface area contributed by atoms with Crippen LogP contribution in [-0.4, -0.2) is 71.9 Å². The maximum atomic E-state index is 4.64. The van der Waals surface area contributed by atoms with E-state index < -0.39 is 0 Å². The molecule has 0 amide bonds. The maximum absolute atomic E-state index is 4.64. The summed E-state index contributed by atoms with van der Waals surface area (Å²) in [6.07, 6.45) is 4.49. The van der Waals surface area contributed by atoms with Crippen molar-refractivity contribution in [2.75, 3.05) is 52.4 Å². The molecule has 0 atom stereocenters. The van der Waals surface area contributed by atoms with Crippen molar-refractivity contribution in [3.05, 3.63) is 34.9 Å². The molecule has 1 aliphatic heterocycles. The molecule has 0 aromatic carbocycles. The summed E-state index contributed by atoms with van der Waals surface area (Å²) in [5.41, 5.74) is 4.70. The fourth-order valence-corrected chi connectivity index (χ4v) is 4.12. The third-order valence-electron chi connectivity index (χ3n) is 6.11. The van der Waals surface area contributed by atoms with Crippen LogP contribution in [0.15, 0.2) is 12.1 Å². The van der Waals surface area contributed by atoms with Crippen molar-refractivity contribution in [1.29, 1.82) is 0 Å². The number of nitrogens with one attached hydrogen (secondary N) is 6. The first-order valence-corrected chi connectivity index (χ1v) is 13.0. The van der Waals surface area contributed by atoms with Gasteiger partial charge in [0, 0.05) is 40.3 Å². The number of fused-ring (bicyclic) bond motifs is 4. The van der Waals surface area contributed by atoms with Crippen LogP contribution < -0.4 is 31.9 Å². The van der Waals surface area contributed by atoms with Crippen LogP contribution >= 0.6 is 0 Å². The van der Waals surface area contributed by atoms with Crippen LogP contribution in [0.5, 0.6) is 0 Å². The van der Waals surface area contributed by atoms with E-state index in [1.807, 2.05) is 23.5 Å². The van der Waals surface area contributed by atoms with E-state index in [1.165, 1.54) is 11.4 Å². The molecule has 1 aliphatic rings. The Morgan fingerprint density at radius 1 is 0.500 bits per heavy atom. The molecule has 2 aromatic heterocycles. The Labute approximate surface area is 205 Å². The van der Waals surface area contributed by atoms with Gasteiger partial charge in [-0.05, 0) is 90.2 Å². The largest absolute Gasteiger partial charge is 0.317 e. The van der Waals surface area contributed by atoms with Crippen LogP contribution in [0.4, 0.5) is 0 Å². The van der Waals surface area contributed by atoms with E-state index in [4.69, 9.17) is 0 Å². The Morgan fingerprint density at radius 2 is 0.824 bits per heavy atom. The molecule has 3 rings (SSSR count). The monoisotopic (exact) mass is 474 g/mol. The summed E-state index contributed by atoms with van der Waals surface area (Å²) in [6.45, 7) is 11.6. The topological polar surface area (TPSA) is 108 Å². The van der Waals surface area contributed by atoms with E-state index in [2.05, 4.69) is 54.2 Å². The summed E-state index contributed by atoms with van der Waals surface area (Å²) in [5.74, 6) is 0. The lowest BCUT2D eigenvalue weighted by atomic mass is 10.3. The van der Waals surface area contributed by atoms with Gasteiger partial charge in [-0.3, -0.25) is 9.36 Å². The molecule has 10 nitrogen and oxygen atoms in total. The second kappa shape index (κ2) is 16.0. The predicted molar refractivity (Wildman–Crippen MR) is 137 cm³/mol. The number of hydrogen-bond acceptors (Lipinski definition) is 8. The molecule has 6 N–H and O–H groups in total. The molecular formula is C24H46N10. The minimum Gasteiger partial charge on any atom is -0.317 e. The summed E-state index contributed by atoms with van der Waals surface area (Å²) in [7, 11) is 4.06. The normalized spacial score (nSPS) is 19.8. The highest BCUT2D eigenvalue weighted by Gasteiger charge is 2.06. The molecule has 0 radical (unpaired) electrons. The van der Waals surface area contributed by atoms with Gasteiger partial charge in [-0.2, -0.15) is 10.2 Å². The maximum Gasteiger partial charge on any atom is 0.0765 e. The molecule has 0 saturated carbocycles. The Kier molecular flexibility index (Phi) is 12.6. The van der Waals surface area contributed by atoms with E-state index in [0.717, 1.165) is 116 Å². The first kappa shape index (κ1) is 26.8. The fourth-order valence-electron chi connectivity index (χ4n) is 4.12. The van der Waals surface area contributed by atoms with Gasteiger partial charge in [0.1, 0.15) is 0 Å². The van der Waals surface area contributed by atoms with Gasteiger partial charge in [-0.1, -0.05) is 0 Å². The van der Waals surface area contributed by atoms with Crippen LogP contribution in [0.2, 0.25) is 0 Å². The molecule has 0 fully saturated rings. The minimum absolute atomic E-state index is 0.825. The molecule has 0 spiro atoms. The zero-order valence-corrected chi connectivity index (χ0v) is 21.3. The zero-order chi connectivity index (χ0) is 23.8. The summed E-state index contributed by atoms with van der Waals surface area (Å²) < 4.78 is 3.99. The quantitative estimate of drug-likeness (QED) is 0.316. The number of nitrogens with zero attached hydrogens (tertiary/aromatic N) is 4. The summed E-state index contributed by atoms with van der Waals surface area (Å²) in [4.78, 5) is 0. The highest BCUT2D eigenvalue weighted by atomic mass is 15.3. The third kappa shape index (κ3) is 10.2. The lowest BCUT2D eigenvalue weighted by Gasteiger charge is -2.08. The first-order chi connectivity index (χ1) is 16.7. The molecule has 2 aromatic rings. The van der Waals surface area contributed by atoms with Gasteiger partial charge in [0.2, 0.25) is 0 Å². The molecule has 3 heterocycles. The van der Waals surface area contributed by atoms with Gasteiger partial charge >= 0.3 is 0 Å². The SMILES string of the molecule is Cn1nc2cc1CNCCCNCCCNCc1cc(nn1C)CNCCCNCCCNC2. The van der Waals surface area contributed by atoms with E-state index in [1.54, 1.807) is 0 Å². The molecular weight excluding hydrogens is 428 g/mol. The van der Waals surface area contributed by atoms with Gasteiger partial charge < -0.3 is 31.9 Å². The van der Waals surface area contributed by atoms with Crippen molar-refractivity contribution >= 4 is 0 Å². The van der Waals surface area contributed by atoms with E-state index >= 15 is 0 Å². The van der Waals surface area contributed by atoms with Gasteiger partial charge in [0.25, 0.3) is 0 Å². The van der Waals surface area contributed by atoms with Crippen LogP contribution in [0.3, 0.4) is 0 Å². The zero-order valence-electron chi connectivity index (χ0n) is 21.3. The lowest BCUT2D eigenvalue weighted by Crippen LogP contribution is -2.25. The van der Waals surface area contributed by atoms with Crippen LogP contribution in [-0.2, 0) is 40.3 Å². The van der Waals surface area contributed by atoms with Gasteiger partial charge in [0.15, 0.2) is 0 Å². The van der Waals surface area contributed by atoms with Gasteiger partial charge in [0.05, 0.1) is 22.8 Å². The Morgan fingerprint density at radius 3 is 1.21 bits per heavy atom. The first-order valence-electron chi connectivity index (χ1n) is 13.0. The molecule has 192 valence electrons. The molecule has 34 heavy (non-hydrogen) atoms. The Bertz CT molecular complexity index is 736. The number of aromatic nitrogens is 4. The smallest absolute Gasteiger partial charge is 0.0765 e. The molecule has 0 aliphatic carbocycles. The average molecular weight is 475 g/mol. The van der Waals surface area contributed by atoms with Crippen molar-refractivity contribution in [1.82, 2.24) is 51.5 Å². The highest BCUT2D eigenvalue weighted by molar-refractivity contribution is 5.10. The van der Waals surface area contributed by atoms with Gasteiger partial charge in [-0.25, -0.2) is 0 Å². The number of aryl methyl sites for hydroxylation is 2. The molecule has 10 heteroatoms. The van der Waals surface area contributed by atoms with Crippen LogP contribution in [0.1, 0.15) is 48.5 Å². The van der Waals surface area contributed by atoms with Crippen molar-refractivity contribution in [2.45, 2.75) is 51.9 Å². The van der Waals surface area contributed by atoms with E-state index in [0.29, 0.717) is 0 Å². The third-order valence-corrected chi connectivity index (χ3v) is 6.11. The van der Waals surface area contributed by atoms with Crippen molar-refractivity contribution < 1.29 is 0 Å². The lowest BCUT2D eigenvalue weighted by molar-refractivity contribution is 0.548. The second-order valence-corrected chi connectivity index (χ2v) is 9.12. The number of rotatable bonds is 0. The second-order valence-electron chi connectivity index (χ2n) is 9.12. The van der Waals surface area contributed by atoms with E-state index in [-0.39, 0.29) is 0 Å². The standard InChI is InChI=1S/C24H46N10/c1-33-23-15-21(31-33)17-27-11-3-7-25-8-4-12-28-18-22-16-24(34(2)32-22)20-30-14-6-10-26-9-5-13-29-19-23/h15-16,25-30H,3-14,17-20H2,1-2H3. The molecule has 0 saturated heterocycles. The van der Waals surface area contributed by atoms with Crippen molar-refractivity contribution in [2.24, 2.45) is 14.1 Å². The Balaban J connectivity index is 1.39. The molecule has 0 unspecified atom stereocenters. The van der Waals surface area contributed by atoms with Crippen molar-refractivity contribution in [3.63, 3.8) is 0 Å². The predicted octanol–water partition coefficient (Wildman–Crippen LogP) is -0.0346. The van der Waals surface area contributed by atoms with Gasteiger partial charge in [-0.15, -0.1) is 0 Å². The minimum atomic E-state index is 0.825. The average Bonchev–Trinajstić information content (AvgIpc) is 3.36. The highest BCUT2D eigenvalue weighted by Crippen LogP contribution is 2.04. The van der Waals surface area contributed by atoms with E-state index in [9.17, 15) is 0 Å². The summed E-state index contributed by atoms with van der Waals surface area (Å²) in [6, 6.07) is 4.41. The summed E-state index contributed by atoms with van der Waals surface area (Å²) in [5, 5.41) is 30.5. The summed E-state index contributed by atoms with van der Waals surface area (Å²) >= 11 is 0. The Hall–Kier alpha value is -1.82.